The standard InChI is InChI=1S/C13H17ClN4O2S/c14-10-6-11-12(15-8-10)17-13(18-21(11,19)20)16-7-9-4-2-1-3-5-9/h6,8-9H,1-5,7H2,(H2,15,16,17,18). The van der Waals surface area contributed by atoms with Crippen molar-refractivity contribution >= 4 is 33.4 Å². The minimum atomic E-state index is -3.66. The fourth-order valence-electron chi connectivity index (χ4n) is 2.70. The minimum Gasteiger partial charge on any atom is -0.309 e. The molecular weight excluding hydrogens is 312 g/mol. The number of halogens is 1. The van der Waals surface area contributed by atoms with E-state index < -0.39 is 10.0 Å². The fraction of sp³-hybridized carbons (Fsp3) is 0.538. The van der Waals surface area contributed by atoms with Crippen molar-refractivity contribution < 1.29 is 8.42 Å². The zero-order valence-electron chi connectivity index (χ0n) is 11.5. The summed E-state index contributed by atoms with van der Waals surface area (Å²) in [4.78, 5) is 8.43. The maximum Gasteiger partial charge on any atom is 0.267 e. The minimum absolute atomic E-state index is 0.0478. The van der Waals surface area contributed by atoms with Crippen LogP contribution in [0.15, 0.2) is 22.2 Å². The predicted octanol–water partition coefficient (Wildman–Crippen LogP) is 2.38. The Morgan fingerprint density at radius 2 is 2.10 bits per heavy atom. The Morgan fingerprint density at radius 3 is 2.86 bits per heavy atom. The summed E-state index contributed by atoms with van der Waals surface area (Å²) in [6.07, 6.45) is 7.49. The highest BCUT2D eigenvalue weighted by Gasteiger charge is 2.28. The van der Waals surface area contributed by atoms with Crippen molar-refractivity contribution in [2.75, 3.05) is 11.9 Å². The average molecular weight is 329 g/mol. The number of nitrogens with zero attached hydrogens (tertiary/aromatic N) is 2. The van der Waals surface area contributed by atoms with Gasteiger partial charge in [0, 0.05) is 12.7 Å². The molecule has 0 spiro atoms. The normalized spacial score (nSPS) is 23.2. The molecule has 0 bridgehead atoms. The third-order valence-electron chi connectivity index (χ3n) is 3.81. The Labute approximate surface area is 129 Å². The highest BCUT2D eigenvalue weighted by Crippen LogP contribution is 2.26. The maximum atomic E-state index is 12.2. The molecule has 1 saturated carbocycles. The van der Waals surface area contributed by atoms with Crippen molar-refractivity contribution in [2.45, 2.75) is 37.0 Å². The average Bonchev–Trinajstić information content (AvgIpc) is 2.47. The largest absolute Gasteiger partial charge is 0.309 e. The van der Waals surface area contributed by atoms with E-state index in [1.54, 1.807) is 0 Å². The number of hydrogen-bond acceptors (Lipinski definition) is 4. The van der Waals surface area contributed by atoms with E-state index in [0.717, 1.165) is 12.8 Å². The van der Waals surface area contributed by atoms with Crippen molar-refractivity contribution in [2.24, 2.45) is 10.9 Å². The van der Waals surface area contributed by atoms with E-state index >= 15 is 0 Å². The van der Waals surface area contributed by atoms with Crippen LogP contribution in [-0.4, -0.2) is 25.9 Å². The lowest BCUT2D eigenvalue weighted by Crippen LogP contribution is -2.41. The van der Waals surface area contributed by atoms with Gasteiger partial charge in [-0.25, -0.2) is 18.1 Å². The van der Waals surface area contributed by atoms with Gasteiger partial charge >= 0.3 is 0 Å². The molecule has 1 aliphatic carbocycles. The first kappa shape index (κ1) is 14.6. The second-order valence-electron chi connectivity index (χ2n) is 5.42. The summed E-state index contributed by atoms with van der Waals surface area (Å²) in [5, 5.41) is 3.19. The number of hydrogen-bond donors (Lipinski definition) is 2. The zero-order chi connectivity index (χ0) is 14.9. The molecule has 3 rings (SSSR count). The van der Waals surface area contributed by atoms with Gasteiger partial charge in [0.05, 0.1) is 5.02 Å². The Balaban J connectivity index is 1.79. The number of fused-ring (bicyclic) bond motifs is 1. The Morgan fingerprint density at radius 1 is 1.33 bits per heavy atom. The van der Waals surface area contributed by atoms with Gasteiger partial charge in [0.2, 0.25) is 5.96 Å². The van der Waals surface area contributed by atoms with Crippen molar-refractivity contribution in [1.82, 2.24) is 9.71 Å². The summed E-state index contributed by atoms with van der Waals surface area (Å²) in [6.45, 7) is 0.633. The Hall–Kier alpha value is -1.34. The topological polar surface area (TPSA) is 83.5 Å². The highest BCUT2D eigenvalue weighted by molar-refractivity contribution is 7.90. The summed E-state index contributed by atoms with van der Waals surface area (Å²) >= 11 is 5.79. The van der Waals surface area contributed by atoms with Crippen LogP contribution in [0, 0.1) is 5.92 Å². The van der Waals surface area contributed by atoms with Gasteiger partial charge in [-0.15, -0.1) is 0 Å². The third-order valence-corrected chi connectivity index (χ3v) is 5.37. The number of pyridine rings is 1. The number of guanidine groups is 1. The molecule has 6 nitrogen and oxygen atoms in total. The molecule has 114 valence electrons. The van der Waals surface area contributed by atoms with Gasteiger partial charge in [0.25, 0.3) is 10.0 Å². The number of aliphatic imine (C=N–C) groups is 1. The SMILES string of the molecule is O=S1(=O)NC(=NCC2CCCCC2)Nc2ncc(Cl)cc21. The molecule has 0 amide bonds. The van der Waals surface area contributed by atoms with Gasteiger partial charge in [0.15, 0.2) is 5.82 Å². The van der Waals surface area contributed by atoms with E-state index in [1.165, 1.54) is 31.5 Å². The van der Waals surface area contributed by atoms with E-state index in [0.29, 0.717) is 12.5 Å². The van der Waals surface area contributed by atoms with Crippen molar-refractivity contribution in [1.29, 1.82) is 0 Å². The molecule has 2 aliphatic rings. The number of rotatable bonds is 2. The first-order chi connectivity index (χ1) is 10.0. The molecule has 1 aromatic rings. The first-order valence-corrected chi connectivity index (χ1v) is 8.90. The summed E-state index contributed by atoms with van der Waals surface area (Å²) in [5.74, 6) is 1.04. The van der Waals surface area contributed by atoms with Crippen molar-refractivity contribution in [3.63, 3.8) is 0 Å². The Bertz CT molecular complexity index is 669. The van der Waals surface area contributed by atoms with Crippen LogP contribution < -0.4 is 10.0 Å². The molecule has 0 atom stereocenters. The van der Waals surface area contributed by atoms with Gasteiger partial charge in [-0.3, -0.25) is 4.99 Å². The monoisotopic (exact) mass is 328 g/mol. The molecule has 2 N–H and O–H groups in total. The van der Waals surface area contributed by atoms with Crippen LogP contribution in [0.3, 0.4) is 0 Å². The second kappa shape index (κ2) is 5.81. The lowest BCUT2D eigenvalue weighted by Gasteiger charge is -2.23. The van der Waals surface area contributed by atoms with Crippen LogP contribution in [0.1, 0.15) is 32.1 Å². The lowest BCUT2D eigenvalue weighted by atomic mass is 9.89. The predicted molar refractivity (Wildman–Crippen MR) is 82.1 cm³/mol. The lowest BCUT2D eigenvalue weighted by molar-refractivity contribution is 0.367. The molecule has 0 aromatic carbocycles. The highest BCUT2D eigenvalue weighted by atomic mass is 35.5. The van der Waals surface area contributed by atoms with Gasteiger partial charge < -0.3 is 5.32 Å². The van der Waals surface area contributed by atoms with Gasteiger partial charge in [-0.1, -0.05) is 30.9 Å². The Kier molecular flexibility index (Phi) is 4.03. The maximum absolute atomic E-state index is 12.2. The van der Waals surface area contributed by atoms with E-state index in [9.17, 15) is 8.42 Å². The van der Waals surface area contributed by atoms with Crippen LogP contribution in [-0.2, 0) is 10.0 Å². The summed E-state index contributed by atoms with van der Waals surface area (Å²) in [6, 6.07) is 1.37. The number of sulfonamides is 1. The molecule has 0 radical (unpaired) electrons. The third kappa shape index (κ3) is 3.29. The summed E-state index contributed by atoms with van der Waals surface area (Å²) in [5.41, 5.74) is 0. The van der Waals surface area contributed by atoms with E-state index in [2.05, 4.69) is 20.0 Å². The number of aromatic nitrogens is 1. The summed E-state index contributed by atoms with van der Waals surface area (Å²) in [7, 11) is -3.66. The van der Waals surface area contributed by atoms with Crippen LogP contribution in [0.25, 0.3) is 0 Å². The van der Waals surface area contributed by atoms with Crippen LogP contribution >= 0.6 is 11.6 Å². The van der Waals surface area contributed by atoms with Crippen LogP contribution in [0.2, 0.25) is 5.02 Å². The molecule has 1 aromatic heterocycles. The second-order valence-corrected chi connectivity index (χ2v) is 7.51. The van der Waals surface area contributed by atoms with Crippen LogP contribution in [0.5, 0.6) is 0 Å². The molecule has 0 unspecified atom stereocenters. The van der Waals surface area contributed by atoms with Crippen molar-refractivity contribution in [3.8, 4) is 0 Å². The van der Waals surface area contributed by atoms with Gasteiger partial charge in [-0.2, -0.15) is 0 Å². The smallest absolute Gasteiger partial charge is 0.267 e. The summed E-state index contributed by atoms with van der Waals surface area (Å²) < 4.78 is 26.7. The van der Waals surface area contributed by atoms with E-state index in [1.807, 2.05) is 0 Å². The van der Waals surface area contributed by atoms with Crippen LogP contribution in [0.4, 0.5) is 5.82 Å². The zero-order valence-corrected chi connectivity index (χ0v) is 13.0. The fourth-order valence-corrected chi connectivity index (χ4v) is 4.04. The molecule has 8 heteroatoms. The quantitative estimate of drug-likeness (QED) is 0.873. The first-order valence-electron chi connectivity index (χ1n) is 7.04. The van der Waals surface area contributed by atoms with Gasteiger partial charge in [-0.05, 0) is 24.8 Å². The van der Waals surface area contributed by atoms with E-state index in [4.69, 9.17) is 11.6 Å². The molecule has 1 aliphatic heterocycles. The number of anilines is 1. The molecule has 0 saturated heterocycles. The molecule has 21 heavy (non-hydrogen) atoms. The van der Waals surface area contributed by atoms with Gasteiger partial charge in [0.1, 0.15) is 4.90 Å². The van der Waals surface area contributed by atoms with Crippen molar-refractivity contribution in [3.05, 3.63) is 17.3 Å². The molecule has 1 fully saturated rings. The number of nitrogens with one attached hydrogen (secondary N) is 2. The van der Waals surface area contributed by atoms with E-state index in [-0.39, 0.29) is 21.7 Å². The molecule has 2 heterocycles. The molecular formula is C13H17ClN4O2S.